The van der Waals surface area contributed by atoms with Crippen molar-refractivity contribution >= 4 is 5.91 Å². The fourth-order valence-corrected chi connectivity index (χ4v) is 4.31. The summed E-state index contributed by atoms with van der Waals surface area (Å²) in [6.07, 6.45) is 4.96. The van der Waals surface area contributed by atoms with E-state index in [1.54, 1.807) is 0 Å². The van der Waals surface area contributed by atoms with Crippen molar-refractivity contribution in [2.45, 2.75) is 51.7 Å². The van der Waals surface area contributed by atoms with E-state index in [1.807, 2.05) is 75.6 Å². The second kappa shape index (κ2) is 12.2. The number of aryl methyl sites for hydroxylation is 1. The lowest BCUT2D eigenvalue weighted by Crippen LogP contribution is -2.32. The maximum atomic E-state index is 13.1. The summed E-state index contributed by atoms with van der Waals surface area (Å²) in [6, 6.07) is 28.4. The molecule has 0 radical (unpaired) electrons. The number of ether oxygens (including phenoxy) is 1. The normalized spacial score (nSPS) is 12.8. The van der Waals surface area contributed by atoms with E-state index in [-0.39, 0.29) is 23.8 Å². The number of nitrogens with zero attached hydrogens (tertiary/aromatic N) is 2. The van der Waals surface area contributed by atoms with Gasteiger partial charge in [0.1, 0.15) is 5.75 Å². The number of nitrogens with one attached hydrogen (secondary N) is 1. The molecule has 0 aliphatic heterocycles. The van der Waals surface area contributed by atoms with Crippen LogP contribution in [0, 0.1) is 0 Å². The van der Waals surface area contributed by atoms with Crippen molar-refractivity contribution in [3.05, 3.63) is 109 Å². The van der Waals surface area contributed by atoms with Gasteiger partial charge in [-0.15, -0.1) is 0 Å². The number of hydrogen-bond donors (Lipinski definition) is 1. The van der Waals surface area contributed by atoms with Gasteiger partial charge in [0, 0.05) is 30.8 Å². The first-order chi connectivity index (χ1) is 17.5. The van der Waals surface area contributed by atoms with Crippen LogP contribution in [0.4, 0.5) is 0 Å². The molecule has 0 spiro atoms. The molecular formula is C31H35N3O2. The van der Waals surface area contributed by atoms with E-state index in [4.69, 9.17) is 4.74 Å². The zero-order valence-electron chi connectivity index (χ0n) is 21.3. The number of aromatic nitrogens is 2. The van der Waals surface area contributed by atoms with Gasteiger partial charge in [-0.05, 0) is 50.5 Å². The predicted octanol–water partition coefficient (Wildman–Crippen LogP) is 6.43. The summed E-state index contributed by atoms with van der Waals surface area (Å²) in [5.74, 6) is 0.742. The molecule has 3 aromatic carbocycles. The summed E-state index contributed by atoms with van der Waals surface area (Å²) < 4.78 is 7.93. The van der Waals surface area contributed by atoms with Crippen molar-refractivity contribution < 1.29 is 9.53 Å². The van der Waals surface area contributed by atoms with E-state index in [2.05, 4.69) is 57.5 Å². The maximum absolute atomic E-state index is 13.1. The van der Waals surface area contributed by atoms with Crippen LogP contribution in [0.2, 0.25) is 0 Å². The van der Waals surface area contributed by atoms with E-state index in [0.29, 0.717) is 6.54 Å². The van der Waals surface area contributed by atoms with Crippen molar-refractivity contribution in [2.24, 2.45) is 0 Å². The Bertz CT molecular complexity index is 1230. The zero-order chi connectivity index (χ0) is 25.3. The van der Waals surface area contributed by atoms with Crippen molar-refractivity contribution in [1.82, 2.24) is 14.9 Å². The van der Waals surface area contributed by atoms with E-state index < -0.39 is 0 Å². The molecule has 0 fully saturated rings. The third-order valence-electron chi connectivity index (χ3n) is 6.36. The Labute approximate surface area is 214 Å². The lowest BCUT2D eigenvalue weighted by atomic mass is 9.94. The Morgan fingerprint density at radius 3 is 2.33 bits per heavy atom. The highest BCUT2D eigenvalue weighted by atomic mass is 16.5. The monoisotopic (exact) mass is 481 g/mol. The molecule has 4 rings (SSSR count). The molecule has 1 heterocycles. The van der Waals surface area contributed by atoms with Gasteiger partial charge >= 0.3 is 0 Å². The van der Waals surface area contributed by atoms with Crippen LogP contribution >= 0.6 is 0 Å². The molecule has 1 aromatic heterocycles. The number of carbonyl (C=O) groups is 1. The third kappa shape index (κ3) is 6.85. The Morgan fingerprint density at radius 1 is 0.917 bits per heavy atom. The number of imidazole rings is 1. The highest BCUT2D eigenvalue weighted by molar-refractivity contribution is 5.83. The quantitative estimate of drug-likeness (QED) is 0.268. The molecule has 1 amide bonds. The molecule has 5 nitrogen and oxygen atoms in total. The van der Waals surface area contributed by atoms with Gasteiger partial charge in [0.15, 0.2) is 0 Å². The number of amides is 1. The average molecular weight is 482 g/mol. The highest BCUT2D eigenvalue weighted by Gasteiger charge is 2.19. The van der Waals surface area contributed by atoms with Crippen molar-refractivity contribution in [3.63, 3.8) is 0 Å². The minimum atomic E-state index is -0.265. The molecule has 186 valence electrons. The number of benzene rings is 3. The molecule has 0 saturated carbocycles. The first kappa shape index (κ1) is 25.2. The molecular weight excluding hydrogens is 446 g/mol. The van der Waals surface area contributed by atoms with Crippen molar-refractivity contribution in [1.29, 1.82) is 0 Å². The molecule has 0 saturated heterocycles. The van der Waals surface area contributed by atoms with Crippen LogP contribution in [0.25, 0.3) is 11.3 Å². The molecule has 4 aromatic rings. The third-order valence-corrected chi connectivity index (χ3v) is 6.36. The summed E-state index contributed by atoms with van der Waals surface area (Å²) in [5, 5.41) is 3.20. The summed E-state index contributed by atoms with van der Waals surface area (Å²) >= 11 is 0. The standard InChI is InChI=1S/C31H35N3O2/c1-23(2)36-29-16-10-15-27(19-29)24(3)31(35)32-20-28(25-11-6-4-7-12-25)17-18-34-21-30(33-22-34)26-13-8-5-9-14-26/h4-16,19,21-24,28H,17-18,20H2,1-3H3,(H,32,35). The lowest BCUT2D eigenvalue weighted by molar-refractivity contribution is -0.122. The number of rotatable bonds is 11. The summed E-state index contributed by atoms with van der Waals surface area (Å²) in [4.78, 5) is 17.7. The van der Waals surface area contributed by atoms with Crippen LogP contribution in [-0.4, -0.2) is 28.1 Å². The number of carbonyl (C=O) groups excluding carboxylic acids is 1. The van der Waals surface area contributed by atoms with Gasteiger partial charge in [-0.3, -0.25) is 4.79 Å². The Balaban J connectivity index is 1.40. The lowest BCUT2D eigenvalue weighted by Gasteiger charge is -2.20. The van der Waals surface area contributed by atoms with Gasteiger partial charge < -0.3 is 14.6 Å². The summed E-state index contributed by atoms with van der Waals surface area (Å²) in [5.41, 5.74) is 4.26. The van der Waals surface area contributed by atoms with Crippen molar-refractivity contribution in [2.75, 3.05) is 6.54 Å². The second-order valence-electron chi connectivity index (χ2n) is 9.46. The zero-order valence-corrected chi connectivity index (χ0v) is 21.3. The molecule has 0 bridgehead atoms. The smallest absolute Gasteiger partial charge is 0.227 e. The molecule has 2 unspecified atom stereocenters. The van der Waals surface area contributed by atoms with E-state index in [9.17, 15) is 4.79 Å². The summed E-state index contributed by atoms with van der Waals surface area (Å²) in [6.45, 7) is 7.34. The molecule has 0 aliphatic carbocycles. The molecule has 2 atom stereocenters. The van der Waals surface area contributed by atoms with Gasteiger partial charge in [-0.2, -0.15) is 0 Å². The van der Waals surface area contributed by atoms with Crippen LogP contribution in [0.15, 0.2) is 97.5 Å². The van der Waals surface area contributed by atoms with Gasteiger partial charge in [0.25, 0.3) is 0 Å². The molecule has 1 N–H and O–H groups in total. The molecule has 36 heavy (non-hydrogen) atoms. The fraction of sp³-hybridized carbons (Fsp3) is 0.290. The van der Waals surface area contributed by atoms with Crippen LogP contribution in [-0.2, 0) is 11.3 Å². The van der Waals surface area contributed by atoms with E-state index >= 15 is 0 Å². The predicted molar refractivity (Wildman–Crippen MR) is 145 cm³/mol. The number of hydrogen-bond acceptors (Lipinski definition) is 3. The topological polar surface area (TPSA) is 56.1 Å². The van der Waals surface area contributed by atoms with Gasteiger partial charge in [-0.1, -0.05) is 72.8 Å². The van der Waals surface area contributed by atoms with Crippen LogP contribution in [0.5, 0.6) is 5.75 Å². The van der Waals surface area contributed by atoms with Gasteiger partial charge in [-0.25, -0.2) is 4.98 Å². The first-order valence-corrected chi connectivity index (χ1v) is 12.7. The highest BCUT2D eigenvalue weighted by Crippen LogP contribution is 2.24. The Morgan fingerprint density at radius 2 is 1.61 bits per heavy atom. The average Bonchev–Trinajstić information content (AvgIpc) is 3.38. The minimum absolute atomic E-state index is 0.0200. The minimum Gasteiger partial charge on any atom is -0.491 e. The van der Waals surface area contributed by atoms with E-state index in [1.165, 1.54) is 5.56 Å². The first-order valence-electron chi connectivity index (χ1n) is 12.7. The van der Waals surface area contributed by atoms with Crippen LogP contribution < -0.4 is 10.1 Å². The molecule has 5 heteroatoms. The van der Waals surface area contributed by atoms with Crippen LogP contribution in [0.3, 0.4) is 0 Å². The Kier molecular flexibility index (Phi) is 8.56. The van der Waals surface area contributed by atoms with Crippen LogP contribution in [0.1, 0.15) is 50.2 Å². The van der Waals surface area contributed by atoms with Crippen molar-refractivity contribution in [3.8, 4) is 17.0 Å². The second-order valence-corrected chi connectivity index (χ2v) is 9.46. The summed E-state index contributed by atoms with van der Waals surface area (Å²) in [7, 11) is 0. The maximum Gasteiger partial charge on any atom is 0.227 e. The Hall–Kier alpha value is -3.86. The van der Waals surface area contributed by atoms with E-state index in [0.717, 1.165) is 35.5 Å². The fourth-order valence-electron chi connectivity index (χ4n) is 4.31. The van der Waals surface area contributed by atoms with Gasteiger partial charge in [0.2, 0.25) is 5.91 Å². The largest absolute Gasteiger partial charge is 0.491 e. The molecule has 0 aliphatic rings. The van der Waals surface area contributed by atoms with Gasteiger partial charge in [0.05, 0.1) is 24.0 Å². The SMILES string of the molecule is CC(C)Oc1cccc(C(C)C(=O)NCC(CCn2cnc(-c3ccccc3)c2)c2ccccc2)c1.